The van der Waals surface area contributed by atoms with Gasteiger partial charge in [0.25, 0.3) is 0 Å². The SMILES string of the molecule is CN1CCC(Nc2cccc(NN)c2[N+](=O)[O-])C1=O. The van der Waals surface area contributed by atoms with Crippen LogP contribution in [0.25, 0.3) is 0 Å². The van der Waals surface area contributed by atoms with E-state index in [1.54, 1.807) is 24.1 Å². The van der Waals surface area contributed by atoms with E-state index in [0.717, 1.165) is 0 Å². The number of nitrogen functional groups attached to an aromatic ring is 1. The molecule has 8 heteroatoms. The second-order valence-electron chi connectivity index (χ2n) is 4.35. The van der Waals surface area contributed by atoms with Crippen LogP contribution >= 0.6 is 0 Å². The number of hydrogen-bond acceptors (Lipinski definition) is 6. The highest BCUT2D eigenvalue weighted by atomic mass is 16.6. The first kappa shape index (κ1) is 13.1. The third-order valence-corrected chi connectivity index (χ3v) is 3.13. The second kappa shape index (κ2) is 5.11. The monoisotopic (exact) mass is 265 g/mol. The highest BCUT2D eigenvalue weighted by Gasteiger charge is 2.31. The van der Waals surface area contributed by atoms with Crippen LogP contribution < -0.4 is 16.6 Å². The van der Waals surface area contributed by atoms with Crippen LogP contribution in [0.2, 0.25) is 0 Å². The Morgan fingerprint density at radius 3 is 2.68 bits per heavy atom. The maximum Gasteiger partial charge on any atom is 0.316 e. The number of rotatable bonds is 4. The molecule has 1 unspecified atom stereocenters. The molecule has 0 spiro atoms. The fourth-order valence-electron chi connectivity index (χ4n) is 2.12. The molecule has 1 aromatic rings. The summed E-state index contributed by atoms with van der Waals surface area (Å²) < 4.78 is 0. The van der Waals surface area contributed by atoms with Crippen LogP contribution in [0.5, 0.6) is 0 Å². The smallest absolute Gasteiger partial charge is 0.316 e. The number of amides is 1. The van der Waals surface area contributed by atoms with E-state index < -0.39 is 11.0 Å². The van der Waals surface area contributed by atoms with Crippen molar-refractivity contribution in [3.63, 3.8) is 0 Å². The van der Waals surface area contributed by atoms with Gasteiger partial charge in [0.05, 0.1) is 4.92 Å². The van der Waals surface area contributed by atoms with Gasteiger partial charge in [-0.05, 0) is 18.6 Å². The van der Waals surface area contributed by atoms with Crippen molar-refractivity contribution in [2.24, 2.45) is 5.84 Å². The molecule has 1 aromatic carbocycles. The molecule has 19 heavy (non-hydrogen) atoms. The van der Waals surface area contributed by atoms with Crippen LogP contribution in [0.15, 0.2) is 18.2 Å². The molecule has 1 aliphatic rings. The standard InChI is InChI=1S/C11H15N5O3/c1-15-6-5-9(11(15)17)13-7-3-2-4-8(14-12)10(7)16(18)19/h2-4,9,13-14H,5-6,12H2,1H3. The molecule has 1 fully saturated rings. The van der Waals surface area contributed by atoms with Crippen molar-refractivity contribution in [3.05, 3.63) is 28.3 Å². The molecular weight excluding hydrogens is 250 g/mol. The number of nitro benzene ring substituents is 1. The number of benzene rings is 1. The normalized spacial score (nSPS) is 18.5. The van der Waals surface area contributed by atoms with Crippen molar-refractivity contribution in [2.45, 2.75) is 12.5 Å². The zero-order valence-corrected chi connectivity index (χ0v) is 10.4. The summed E-state index contributed by atoms with van der Waals surface area (Å²) in [6.07, 6.45) is 0.618. The molecule has 1 atom stereocenters. The van der Waals surface area contributed by atoms with E-state index in [2.05, 4.69) is 10.7 Å². The molecular formula is C11H15N5O3. The summed E-state index contributed by atoms with van der Waals surface area (Å²) in [4.78, 5) is 24.0. The summed E-state index contributed by atoms with van der Waals surface area (Å²) in [6, 6.07) is 4.26. The Kier molecular flexibility index (Phi) is 3.52. The molecule has 8 nitrogen and oxygen atoms in total. The van der Waals surface area contributed by atoms with E-state index in [4.69, 9.17) is 5.84 Å². The van der Waals surface area contributed by atoms with Crippen LogP contribution in [0.3, 0.4) is 0 Å². The van der Waals surface area contributed by atoms with Gasteiger partial charge in [-0.2, -0.15) is 0 Å². The Bertz CT molecular complexity index is 519. The molecule has 0 aliphatic carbocycles. The quantitative estimate of drug-likeness (QED) is 0.415. The number of nitrogens with one attached hydrogen (secondary N) is 2. The van der Waals surface area contributed by atoms with Crippen molar-refractivity contribution >= 4 is 23.0 Å². The minimum Gasteiger partial charge on any atom is -0.368 e. The molecule has 1 saturated heterocycles. The summed E-state index contributed by atoms with van der Waals surface area (Å²) in [6.45, 7) is 0.638. The van der Waals surface area contributed by atoms with Gasteiger partial charge in [-0.15, -0.1) is 0 Å². The molecule has 0 aromatic heterocycles. The average molecular weight is 265 g/mol. The molecule has 1 amide bonds. The van der Waals surface area contributed by atoms with Crippen molar-refractivity contribution < 1.29 is 9.72 Å². The summed E-state index contributed by atoms with van der Waals surface area (Å²) in [5.74, 6) is 5.19. The maximum atomic E-state index is 11.8. The van der Waals surface area contributed by atoms with Gasteiger partial charge in [0, 0.05) is 13.6 Å². The molecule has 0 saturated carbocycles. The van der Waals surface area contributed by atoms with Crippen LogP contribution in [-0.2, 0) is 4.79 Å². The second-order valence-corrected chi connectivity index (χ2v) is 4.35. The highest BCUT2D eigenvalue weighted by Crippen LogP contribution is 2.33. The predicted molar refractivity (Wildman–Crippen MR) is 70.6 cm³/mol. The predicted octanol–water partition coefficient (Wildman–Crippen LogP) is 0.523. The first-order chi connectivity index (χ1) is 9.04. The van der Waals surface area contributed by atoms with Crippen molar-refractivity contribution in [2.75, 3.05) is 24.3 Å². The molecule has 1 heterocycles. The molecule has 0 bridgehead atoms. The van der Waals surface area contributed by atoms with Gasteiger partial charge >= 0.3 is 5.69 Å². The number of anilines is 2. The lowest BCUT2D eigenvalue weighted by molar-refractivity contribution is -0.383. The number of likely N-dealkylation sites (tertiary alicyclic amines) is 1. The molecule has 4 N–H and O–H groups in total. The van der Waals surface area contributed by atoms with Crippen molar-refractivity contribution in [3.8, 4) is 0 Å². The van der Waals surface area contributed by atoms with Crippen LogP contribution in [0.1, 0.15) is 6.42 Å². The fraction of sp³-hybridized carbons (Fsp3) is 0.364. The van der Waals surface area contributed by atoms with Gasteiger partial charge < -0.3 is 15.6 Å². The Hall–Kier alpha value is -2.35. The van der Waals surface area contributed by atoms with Gasteiger partial charge in [-0.1, -0.05) is 6.07 Å². The fourth-order valence-corrected chi connectivity index (χ4v) is 2.12. The Morgan fingerprint density at radius 2 is 2.16 bits per heavy atom. The number of nitrogens with two attached hydrogens (primary N) is 1. The van der Waals surface area contributed by atoms with E-state index >= 15 is 0 Å². The van der Waals surface area contributed by atoms with Gasteiger partial charge in [-0.25, -0.2) is 0 Å². The van der Waals surface area contributed by atoms with E-state index in [1.807, 2.05) is 0 Å². The first-order valence-electron chi connectivity index (χ1n) is 5.80. The van der Waals surface area contributed by atoms with E-state index in [0.29, 0.717) is 13.0 Å². The Balaban J connectivity index is 2.30. The van der Waals surface area contributed by atoms with Gasteiger partial charge in [-0.3, -0.25) is 20.8 Å². The summed E-state index contributed by atoms with van der Waals surface area (Å²) in [5.41, 5.74) is 2.61. The summed E-state index contributed by atoms with van der Waals surface area (Å²) in [7, 11) is 1.70. The summed E-state index contributed by atoms with van der Waals surface area (Å²) in [5, 5.41) is 14.0. The first-order valence-corrected chi connectivity index (χ1v) is 5.80. The number of hydrogen-bond donors (Lipinski definition) is 3. The van der Waals surface area contributed by atoms with E-state index in [9.17, 15) is 14.9 Å². The number of nitrogens with zero attached hydrogens (tertiary/aromatic N) is 2. The molecule has 2 rings (SSSR count). The average Bonchev–Trinajstić information content (AvgIpc) is 2.70. The minimum atomic E-state index is -0.527. The van der Waals surface area contributed by atoms with E-state index in [1.165, 1.54) is 6.07 Å². The summed E-state index contributed by atoms with van der Waals surface area (Å²) >= 11 is 0. The van der Waals surface area contributed by atoms with Crippen molar-refractivity contribution in [1.82, 2.24) is 4.90 Å². The number of nitro groups is 1. The third kappa shape index (κ3) is 2.43. The number of carbonyl (C=O) groups is 1. The van der Waals surface area contributed by atoms with Crippen LogP contribution in [-0.4, -0.2) is 35.4 Å². The number of carbonyl (C=O) groups excluding carboxylic acids is 1. The largest absolute Gasteiger partial charge is 0.368 e. The van der Waals surface area contributed by atoms with Crippen LogP contribution in [0, 0.1) is 10.1 Å². The highest BCUT2D eigenvalue weighted by molar-refractivity contribution is 5.88. The van der Waals surface area contributed by atoms with Gasteiger partial charge in [0.2, 0.25) is 5.91 Å². The van der Waals surface area contributed by atoms with Crippen molar-refractivity contribution in [1.29, 1.82) is 0 Å². The molecule has 102 valence electrons. The molecule has 1 aliphatic heterocycles. The molecule has 0 radical (unpaired) electrons. The zero-order valence-electron chi connectivity index (χ0n) is 10.4. The maximum absolute atomic E-state index is 11.8. The lowest BCUT2D eigenvalue weighted by Crippen LogP contribution is -2.31. The third-order valence-electron chi connectivity index (χ3n) is 3.13. The topological polar surface area (TPSA) is 114 Å². The van der Waals surface area contributed by atoms with E-state index in [-0.39, 0.29) is 23.0 Å². The minimum absolute atomic E-state index is 0.0691. The number of para-hydroxylation sites is 1. The Labute approximate surface area is 109 Å². The van der Waals surface area contributed by atoms with Crippen LogP contribution in [0.4, 0.5) is 17.1 Å². The lowest BCUT2D eigenvalue weighted by atomic mass is 10.2. The van der Waals surface area contributed by atoms with Gasteiger partial charge in [0.15, 0.2) is 0 Å². The number of hydrazine groups is 1. The van der Waals surface area contributed by atoms with Gasteiger partial charge in [0.1, 0.15) is 17.4 Å². The Morgan fingerprint density at radius 1 is 1.47 bits per heavy atom. The zero-order chi connectivity index (χ0) is 14.0. The lowest BCUT2D eigenvalue weighted by Gasteiger charge is -2.14. The number of likely N-dealkylation sites (N-methyl/N-ethyl adjacent to an activating group) is 1.